The van der Waals surface area contributed by atoms with Crippen molar-refractivity contribution >= 4 is 40.5 Å². The van der Waals surface area contributed by atoms with E-state index in [1.54, 1.807) is 36.5 Å². The van der Waals surface area contributed by atoms with Crippen molar-refractivity contribution in [2.45, 2.75) is 0 Å². The number of aliphatic imine (C=N–C) groups is 1. The zero-order valence-corrected chi connectivity index (χ0v) is 11.9. The molecule has 20 heavy (non-hydrogen) atoms. The third-order valence-electron chi connectivity index (χ3n) is 2.59. The number of thiocarbonyl (C=S) groups is 1. The Bertz CT molecular complexity index is 699. The Balaban J connectivity index is 2.55. The molecule has 0 saturated heterocycles. The zero-order valence-electron chi connectivity index (χ0n) is 10.4. The summed E-state index contributed by atoms with van der Waals surface area (Å²) in [6.45, 7) is 0. The highest BCUT2D eigenvalue weighted by atomic mass is 35.5. The largest absolute Gasteiger partial charge is 0.398 e. The van der Waals surface area contributed by atoms with Gasteiger partial charge in [0.15, 0.2) is 5.11 Å². The maximum atomic E-state index is 6.12. The van der Waals surface area contributed by atoms with Crippen LogP contribution >= 0.6 is 23.8 Å². The molecule has 0 spiro atoms. The number of nitrogen functional groups attached to an aromatic ring is 1. The highest BCUT2D eigenvalue weighted by Crippen LogP contribution is 2.27. The van der Waals surface area contributed by atoms with Gasteiger partial charge < -0.3 is 17.2 Å². The van der Waals surface area contributed by atoms with Crippen molar-refractivity contribution in [2.75, 3.05) is 5.73 Å². The molecule has 1 aromatic heterocycles. The fourth-order valence-electron chi connectivity index (χ4n) is 1.70. The van der Waals surface area contributed by atoms with Crippen molar-refractivity contribution in [1.29, 1.82) is 0 Å². The molecule has 0 radical (unpaired) electrons. The minimum absolute atomic E-state index is 0.0526. The van der Waals surface area contributed by atoms with Crippen molar-refractivity contribution in [2.24, 2.45) is 16.5 Å². The van der Waals surface area contributed by atoms with Gasteiger partial charge in [0.1, 0.15) is 5.84 Å². The van der Waals surface area contributed by atoms with Gasteiger partial charge in [0.2, 0.25) is 0 Å². The summed E-state index contributed by atoms with van der Waals surface area (Å²) in [5.74, 6) is 0.156. The standard InChI is InChI=1S/C13H12ClN5S/c14-9-2-1-5-18-11(9)7-3-4-10(15)8(6-7)12(16)19-13(17)20/h1-6H,15H2,(H4,16,17,19,20). The lowest BCUT2D eigenvalue weighted by Gasteiger charge is -2.09. The van der Waals surface area contributed by atoms with Gasteiger partial charge in [0.05, 0.1) is 10.7 Å². The number of rotatable bonds is 2. The van der Waals surface area contributed by atoms with Gasteiger partial charge in [0, 0.05) is 23.0 Å². The minimum Gasteiger partial charge on any atom is -0.398 e. The summed E-state index contributed by atoms with van der Waals surface area (Å²) in [4.78, 5) is 8.07. The number of hydrogen-bond acceptors (Lipinski definition) is 3. The molecule has 1 heterocycles. The van der Waals surface area contributed by atoms with Gasteiger partial charge in [-0.15, -0.1) is 0 Å². The summed E-state index contributed by atoms with van der Waals surface area (Å²) >= 11 is 10.8. The van der Waals surface area contributed by atoms with Crippen molar-refractivity contribution < 1.29 is 0 Å². The molecule has 2 rings (SSSR count). The second-order valence-electron chi connectivity index (χ2n) is 3.97. The number of aromatic nitrogens is 1. The molecule has 7 heteroatoms. The average Bonchev–Trinajstić information content (AvgIpc) is 2.39. The number of anilines is 1. The van der Waals surface area contributed by atoms with Crippen LogP contribution in [0.1, 0.15) is 5.56 Å². The second kappa shape index (κ2) is 5.85. The van der Waals surface area contributed by atoms with Gasteiger partial charge in [0.25, 0.3) is 0 Å². The molecule has 2 aromatic rings. The molecule has 1 aromatic carbocycles. The molecule has 0 saturated carbocycles. The third kappa shape index (κ3) is 3.04. The Hall–Kier alpha value is -2.18. The van der Waals surface area contributed by atoms with E-state index in [4.69, 9.17) is 41.0 Å². The molecule has 0 unspecified atom stereocenters. The van der Waals surface area contributed by atoms with E-state index < -0.39 is 0 Å². The number of amidine groups is 1. The predicted molar refractivity (Wildman–Crippen MR) is 86.6 cm³/mol. The lowest BCUT2D eigenvalue weighted by molar-refractivity contribution is 1.32. The topological polar surface area (TPSA) is 103 Å². The molecule has 0 amide bonds. The Morgan fingerprint density at radius 2 is 2.00 bits per heavy atom. The normalized spacial score (nSPS) is 11.3. The van der Waals surface area contributed by atoms with Crippen LogP contribution in [0, 0.1) is 0 Å². The molecule has 102 valence electrons. The van der Waals surface area contributed by atoms with Gasteiger partial charge >= 0.3 is 0 Å². The molecule has 6 N–H and O–H groups in total. The van der Waals surface area contributed by atoms with E-state index in [0.717, 1.165) is 5.56 Å². The maximum absolute atomic E-state index is 6.12. The van der Waals surface area contributed by atoms with Crippen molar-refractivity contribution in [3.05, 3.63) is 47.1 Å². The monoisotopic (exact) mass is 305 g/mol. The number of halogens is 1. The van der Waals surface area contributed by atoms with Crippen molar-refractivity contribution in [3.63, 3.8) is 0 Å². The van der Waals surface area contributed by atoms with E-state index in [1.807, 2.05) is 0 Å². The van der Waals surface area contributed by atoms with Gasteiger partial charge in [-0.05, 0) is 36.5 Å². The lowest BCUT2D eigenvalue weighted by atomic mass is 10.0. The van der Waals surface area contributed by atoms with E-state index in [1.165, 1.54) is 0 Å². The van der Waals surface area contributed by atoms with Gasteiger partial charge in [-0.3, -0.25) is 4.98 Å². The molecule has 0 aliphatic carbocycles. The summed E-state index contributed by atoms with van der Waals surface area (Å²) in [7, 11) is 0. The Morgan fingerprint density at radius 1 is 1.25 bits per heavy atom. The number of benzene rings is 1. The van der Waals surface area contributed by atoms with Crippen molar-refractivity contribution in [1.82, 2.24) is 4.98 Å². The number of hydrogen-bond donors (Lipinski definition) is 3. The molecule has 0 aliphatic heterocycles. The van der Waals surface area contributed by atoms with Crippen LogP contribution in [-0.4, -0.2) is 15.9 Å². The highest BCUT2D eigenvalue weighted by molar-refractivity contribution is 7.80. The Labute approximate surface area is 126 Å². The van der Waals surface area contributed by atoms with E-state index >= 15 is 0 Å². The fourth-order valence-corrected chi connectivity index (χ4v) is 2.03. The first-order valence-corrected chi connectivity index (χ1v) is 6.42. The second-order valence-corrected chi connectivity index (χ2v) is 4.80. The number of nitrogens with zero attached hydrogens (tertiary/aromatic N) is 2. The van der Waals surface area contributed by atoms with E-state index in [-0.39, 0.29) is 10.9 Å². The summed E-state index contributed by atoms with van der Waals surface area (Å²) in [5.41, 5.74) is 19.5. The highest BCUT2D eigenvalue weighted by Gasteiger charge is 2.10. The van der Waals surface area contributed by atoms with E-state index in [9.17, 15) is 0 Å². The number of nitrogens with two attached hydrogens (primary N) is 3. The molecule has 0 bridgehead atoms. The first kappa shape index (κ1) is 14.2. The van der Waals surface area contributed by atoms with Gasteiger partial charge in [-0.25, -0.2) is 4.99 Å². The van der Waals surface area contributed by atoms with Gasteiger partial charge in [-0.2, -0.15) is 0 Å². The van der Waals surface area contributed by atoms with Crippen LogP contribution in [0.25, 0.3) is 11.3 Å². The summed E-state index contributed by atoms with van der Waals surface area (Å²) < 4.78 is 0. The molecular formula is C13H12ClN5S. The third-order valence-corrected chi connectivity index (χ3v) is 2.99. The van der Waals surface area contributed by atoms with Crippen LogP contribution in [0.15, 0.2) is 41.5 Å². The molecule has 0 fully saturated rings. The minimum atomic E-state index is -0.0526. The van der Waals surface area contributed by atoms with Crippen LogP contribution in [0.2, 0.25) is 5.02 Å². The van der Waals surface area contributed by atoms with Crippen LogP contribution in [0.3, 0.4) is 0 Å². The maximum Gasteiger partial charge on any atom is 0.192 e. The first-order valence-electron chi connectivity index (χ1n) is 5.63. The molecular weight excluding hydrogens is 294 g/mol. The summed E-state index contributed by atoms with van der Waals surface area (Å²) in [6, 6.07) is 8.78. The quantitative estimate of drug-likeness (QED) is 0.340. The Kier molecular flexibility index (Phi) is 4.16. The smallest absolute Gasteiger partial charge is 0.192 e. The lowest BCUT2D eigenvalue weighted by Crippen LogP contribution is -2.19. The zero-order chi connectivity index (χ0) is 14.7. The van der Waals surface area contributed by atoms with Crippen LogP contribution < -0.4 is 17.2 Å². The van der Waals surface area contributed by atoms with Crippen molar-refractivity contribution in [3.8, 4) is 11.3 Å². The number of pyridine rings is 1. The summed E-state index contributed by atoms with van der Waals surface area (Å²) in [5, 5.41) is 0.483. The molecule has 5 nitrogen and oxygen atoms in total. The molecule has 0 atom stereocenters. The van der Waals surface area contributed by atoms with Crippen LogP contribution in [0.5, 0.6) is 0 Å². The SMILES string of the molecule is NC(=S)N=C(N)c1cc(-c2ncccc2Cl)ccc1N. The fraction of sp³-hybridized carbons (Fsp3) is 0. The van der Waals surface area contributed by atoms with Gasteiger partial charge in [-0.1, -0.05) is 17.7 Å². The summed E-state index contributed by atoms with van der Waals surface area (Å²) in [6.07, 6.45) is 1.66. The predicted octanol–water partition coefficient (Wildman–Crippen LogP) is 1.93. The first-order chi connectivity index (χ1) is 9.49. The molecule has 0 aliphatic rings. The Morgan fingerprint density at radius 3 is 2.65 bits per heavy atom. The van der Waals surface area contributed by atoms with E-state index in [2.05, 4.69) is 9.98 Å². The van der Waals surface area contributed by atoms with Crippen LogP contribution in [0.4, 0.5) is 5.69 Å². The average molecular weight is 306 g/mol. The van der Waals surface area contributed by atoms with E-state index in [0.29, 0.717) is 22.0 Å². The van der Waals surface area contributed by atoms with Crippen LogP contribution in [-0.2, 0) is 0 Å².